The van der Waals surface area contributed by atoms with Gasteiger partial charge in [-0.05, 0) is 52.0 Å². The number of aromatic nitrogens is 2. The molecule has 0 atom stereocenters. The van der Waals surface area contributed by atoms with E-state index in [4.69, 9.17) is 9.15 Å². The molecule has 0 aliphatic heterocycles. The second kappa shape index (κ2) is 7.50. The zero-order valence-electron chi connectivity index (χ0n) is 13.8. The zero-order valence-corrected chi connectivity index (χ0v) is 14.6. The standard InChI is InChI=1S/C16H21N3O3S/c1-5-21-12-8-6-11(7-9-12)14-18-19-15(22-14)23-10-13(20)17-16(2,3)4/h6-9H,5,10H2,1-4H3,(H,17,20). The Bertz CT molecular complexity index is 647. The predicted octanol–water partition coefficient (Wildman–Crippen LogP) is 3.14. The number of thioether (sulfide) groups is 1. The van der Waals surface area contributed by atoms with E-state index in [-0.39, 0.29) is 17.2 Å². The Kier molecular flexibility index (Phi) is 5.65. The fourth-order valence-corrected chi connectivity index (χ4v) is 2.39. The fourth-order valence-electron chi connectivity index (χ4n) is 1.83. The first kappa shape index (κ1) is 17.3. The van der Waals surface area contributed by atoms with Gasteiger partial charge in [0.2, 0.25) is 11.8 Å². The first-order chi connectivity index (χ1) is 10.9. The van der Waals surface area contributed by atoms with E-state index in [1.807, 2.05) is 52.0 Å². The summed E-state index contributed by atoms with van der Waals surface area (Å²) in [6.07, 6.45) is 0. The Morgan fingerprint density at radius 1 is 1.26 bits per heavy atom. The molecule has 0 aliphatic rings. The lowest BCUT2D eigenvalue weighted by atomic mass is 10.1. The van der Waals surface area contributed by atoms with Gasteiger partial charge in [-0.3, -0.25) is 4.79 Å². The van der Waals surface area contributed by atoms with E-state index in [0.717, 1.165) is 11.3 Å². The van der Waals surface area contributed by atoms with Gasteiger partial charge in [-0.2, -0.15) is 0 Å². The molecule has 1 amide bonds. The summed E-state index contributed by atoms with van der Waals surface area (Å²) < 4.78 is 11.0. The van der Waals surface area contributed by atoms with E-state index < -0.39 is 0 Å². The average molecular weight is 335 g/mol. The van der Waals surface area contributed by atoms with Crippen molar-refractivity contribution in [2.45, 2.75) is 38.5 Å². The topological polar surface area (TPSA) is 77.2 Å². The van der Waals surface area contributed by atoms with Gasteiger partial charge in [0.25, 0.3) is 5.22 Å². The smallest absolute Gasteiger partial charge is 0.277 e. The number of nitrogens with zero attached hydrogens (tertiary/aromatic N) is 2. The molecule has 0 aliphatic carbocycles. The molecule has 2 rings (SSSR count). The van der Waals surface area contributed by atoms with Crippen molar-refractivity contribution in [3.8, 4) is 17.2 Å². The summed E-state index contributed by atoms with van der Waals surface area (Å²) in [4.78, 5) is 11.8. The van der Waals surface area contributed by atoms with Crippen molar-refractivity contribution in [1.82, 2.24) is 15.5 Å². The summed E-state index contributed by atoms with van der Waals surface area (Å²) in [5.41, 5.74) is 0.562. The van der Waals surface area contributed by atoms with Crippen molar-refractivity contribution >= 4 is 17.7 Å². The molecule has 0 saturated heterocycles. The fraction of sp³-hybridized carbons (Fsp3) is 0.438. The third-order valence-electron chi connectivity index (χ3n) is 2.66. The summed E-state index contributed by atoms with van der Waals surface area (Å²) >= 11 is 1.22. The van der Waals surface area contributed by atoms with Crippen LogP contribution in [0.15, 0.2) is 33.9 Å². The largest absolute Gasteiger partial charge is 0.494 e. The first-order valence-electron chi connectivity index (χ1n) is 7.38. The lowest BCUT2D eigenvalue weighted by Crippen LogP contribution is -2.41. The molecule has 0 fully saturated rings. The molecule has 1 aromatic carbocycles. The number of hydrogen-bond donors (Lipinski definition) is 1. The lowest BCUT2D eigenvalue weighted by molar-refractivity contribution is -0.119. The molecular weight excluding hydrogens is 314 g/mol. The maximum atomic E-state index is 11.8. The van der Waals surface area contributed by atoms with Crippen LogP contribution in [0, 0.1) is 0 Å². The first-order valence-corrected chi connectivity index (χ1v) is 8.36. The Morgan fingerprint density at radius 2 is 1.96 bits per heavy atom. The molecule has 7 heteroatoms. The molecule has 2 aromatic rings. The Morgan fingerprint density at radius 3 is 2.57 bits per heavy atom. The van der Waals surface area contributed by atoms with Crippen LogP contribution in [-0.2, 0) is 4.79 Å². The quantitative estimate of drug-likeness (QED) is 0.817. The van der Waals surface area contributed by atoms with Crippen LogP contribution in [0.1, 0.15) is 27.7 Å². The molecule has 0 radical (unpaired) electrons. The number of carbonyl (C=O) groups excluding carboxylic acids is 1. The summed E-state index contributed by atoms with van der Waals surface area (Å²) in [5, 5.41) is 11.2. The molecule has 0 bridgehead atoms. The summed E-state index contributed by atoms with van der Waals surface area (Å²) in [6.45, 7) is 8.37. The van der Waals surface area contributed by atoms with Crippen molar-refractivity contribution < 1.29 is 13.9 Å². The van der Waals surface area contributed by atoms with Crippen molar-refractivity contribution in [1.29, 1.82) is 0 Å². The van der Waals surface area contributed by atoms with Gasteiger partial charge >= 0.3 is 0 Å². The third-order valence-corrected chi connectivity index (χ3v) is 3.48. The van der Waals surface area contributed by atoms with E-state index in [1.165, 1.54) is 11.8 Å². The van der Waals surface area contributed by atoms with Crippen LogP contribution in [0.4, 0.5) is 0 Å². The van der Waals surface area contributed by atoms with Crippen molar-refractivity contribution in [3.63, 3.8) is 0 Å². The third kappa shape index (κ3) is 5.59. The van der Waals surface area contributed by atoms with Gasteiger partial charge < -0.3 is 14.5 Å². The summed E-state index contributed by atoms with van der Waals surface area (Å²) in [5.74, 6) is 1.39. The number of benzene rings is 1. The van der Waals surface area contributed by atoms with Crippen LogP contribution < -0.4 is 10.1 Å². The van der Waals surface area contributed by atoms with Gasteiger partial charge in [-0.1, -0.05) is 11.8 Å². The van der Waals surface area contributed by atoms with Crippen LogP contribution in [0.5, 0.6) is 5.75 Å². The van der Waals surface area contributed by atoms with Gasteiger partial charge in [0.05, 0.1) is 12.4 Å². The van der Waals surface area contributed by atoms with Gasteiger partial charge in [0, 0.05) is 11.1 Å². The van der Waals surface area contributed by atoms with Crippen LogP contribution in [0.2, 0.25) is 0 Å². The van der Waals surface area contributed by atoms with Crippen LogP contribution in [0.25, 0.3) is 11.5 Å². The molecule has 0 unspecified atom stereocenters. The van der Waals surface area contributed by atoms with E-state index in [2.05, 4.69) is 15.5 Å². The molecule has 1 N–H and O–H groups in total. The van der Waals surface area contributed by atoms with Crippen LogP contribution >= 0.6 is 11.8 Å². The minimum Gasteiger partial charge on any atom is -0.494 e. The second-order valence-corrected chi connectivity index (χ2v) is 6.84. The second-order valence-electron chi connectivity index (χ2n) is 5.92. The van der Waals surface area contributed by atoms with E-state index in [0.29, 0.717) is 17.7 Å². The zero-order chi connectivity index (χ0) is 16.9. The number of ether oxygens (including phenoxy) is 1. The molecular formula is C16H21N3O3S. The average Bonchev–Trinajstić information content (AvgIpc) is 2.93. The van der Waals surface area contributed by atoms with Gasteiger partial charge in [0.1, 0.15) is 5.75 Å². The molecule has 0 saturated carbocycles. The molecule has 1 aromatic heterocycles. The highest BCUT2D eigenvalue weighted by atomic mass is 32.2. The SMILES string of the molecule is CCOc1ccc(-c2nnc(SCC(=O)NC(C)(C)C)o2)cc1. The van der Waals surface area contributed by atoms with Crippen LogP contribution in [0.3, 0.4) is 0 Å². The number of hydrogen-bond acceptors (Lipinski definition) is 6. The summed E-state index contributed by atoms with van der Waals surface area (Å²) in [7, 11) is 0. The number of carbonyl (C=O) groups is 1. The Balaban J connectivity index is 1.94. The minimum atomic E-state index is -0.250. The Hall–Kier alpha value is -2.02. The van der Waals surface area contributed by atoms with E-state index >= 15 is 0 Å². The summed E-state index contributed by atoms with van der Waals surface area (Å²) in [6, 6.07) is 7.43. The van der Waals surface area contributed by atoms with E-state index in [9.17, 15) is 4.79 Å². The molecule has 1 heterocycles. The Labute approximate surface area is 140 Å². The number of amides is 1. The normalized spacial score (nSPS) is 11.3. The van der Waals surface area contributed by atoms with Crippen molar-refractivity contribution in [2.24, 2.45) is 0 Å². The minimum absolute atomic E-state index is 0.0664. The highest BCUT2D eigenvalue weighted by Crippen LogP contribution is 2.24. The predicted molar refractivity (Wildman–Crippen MR) is 89.5 cm³/mol. The number of nitrogens with one attached hydrogen (secondary N) is 1. The highest BCUT2D eigenvalue weighted by Gasteiger charge is 2.15. The number of rotatable bonds is 6. The lowest BCUT2D eigenvalue weighted by Gasteiger charge is -2.19. The van der Waals surface area contributed by atoms with Gasteiger partial charge in [-0.25, -0.2) is 0 Å². The van der Waals surface area contributed by atoms with Crippen molar-refractivity contribution in [3.05, 3.63) is 24.3 Å². The van der Waals surface area contributed by atoms with Crippen LogP contribution in [-0.4, -0.2) is 34.0 Å². The van der Waals surface area contributed by atoms with Gasteiger partial charge in [0.15, 0.2) is 0 Å². The molecule has 0 spiro atoms. The monoisotopic (exact) mass is 335 g/mol. The maximum Gasteiger partial charge on any atom is 0.277 e. The van der Waals surface area contributed by atoms with E-state index in [1.54, 1.807) is 0 Å². The molecule has 6 nitrogen and oxygen atoms in total. The van der Waals surface area contributed by atoms with Gasteiger partial charge in [-0.15, -0.1) is 10.2 Å². The van der Waals surface area contributed by atoms with Crippen molar-refractivity contribution in [2.75, 3.05) is 12.4 Å². The molecule has 124 valence electrons. The maximum absolute atomic E-state index is 11.8. The highest BCUT2D eigenvalue weighted by molar-refractivity contribution is 7.99. The molecule has 23 heavy (non-hydrogen) atoms.